The van der Waals surface area contributed by atoms with Crippen molar-refractivity contribution in [1.29, 1.82) is 0 Å². The van der Waals surface area contributed by atoms with Gasteiger partial charge in [0.15, 0.2) is 16.3 Å². The number of benzene rings is 2. The topological polar surface area (TPSA) is 90.2 Å². The molecule has 1 fully saturated rings. The van der Waals surface area contributed by atoms with E-state index in [1.165, 1.54) is 27.8 Å². The molecule has 3 heterocycles. The monoisotopic (exact) mass is 491 g/mol. The molecule has 3 aromatic rings. The molecule has 174 valence electrons. The van der Waals surface area contributed by atoms with Crippen LogP contribution in [0.15, 0.2) is 46.3 Å². The molecule has 0 aliphatic carbocycles. The number of carbonyl (C=O) groups excluding carboxylic acids is 1. The van der Waals surface area contributed by atoms with E-state index in [-0.39, 0.29) is 11.4 Å². The molecule has 1 aromatic heterocycles. The predicted molar refractivity (Wildman–Crippen MR) is 120 cm³/mol. The Kier molecular flexibility index (Phi) is 5.71. The number of carbonyl (C=O) groups is 1. The van der Waals surface area contributed by atoms with E-state index in [2.05, 4.69) is 4.99 Å². The Labute approximate surface area is 193 Å². The number of halogens is 1. The Morgan fingerprint density at radius 3 is 2.58 bits per heavy atom. The molecular formula is C22H22FN3O5S2. The lowest BCUT2D eigenvalue weighted by molar-refractivity contribution is -0.121. The second-order valence-corrected chi connectivity index (χ2v) is 10.7. The summed E-state index contributed by atoms with van der Waals surface area (Å²) in [6.45, 7) is 3.70. The molecule has 1 unspecified atom stereocenters. The zero-order chi connectivity index (χ0) is 23.2. The molecule has 11 heteroatoms. The van der Waals surface area contributed by atoms with Gasteiger partial charge in [-0.1, -0.05) is 11.3 Å². The van der Waals surface area contributed by atoms with E-state index in [0.29, 0.717) is 48.9 Å². The number of sulfonamides is 1. The average Bonchev–Trinajstić information content (AvgIpc) is 3.42. The van der Waals surface area contributed by atoms with E-state index < -0.39 is 27.8 Å². The summed E-state index contributed by atoms with van der Waals surface area (Å²) in [6, 6.07) is 7.49. The van der Waals surface area contributed by atoms with Crippen LogP contribution in [0.5, 0.6) is 11.5 Å². The minimum Gasteiger partial charge on any atom is -0.486 e. The third-order valence-electron chi connectivity index (χ3n) is 5.78. The van der Waals surface area contributed by atoms with Crippen LogP contribution in [0.4, 0.5) is 4.39 Å². The van der Waals surface area contributed by atoms with Gasteiger partial charge in [0.05, 0.1) is 15.1 Å². The highest BCUT2D eigenvalue weighted by atomic mass is 32.2. The van der Waals surface area contributed by atoms with Gasteiger partial charge in [0.1, 0.15) is 25.1 Å². The Hall–Kier alpha value is -2.76. The SMILES string of the molecule is CCn1c(=NC(=O)C2CCCN2S(=O)(=O)c2ccc(F)cc2)sc2cc3c(cc21)OCCO3. The summed E-state index contributed by atoms with van der Waals surface area (Å²) in [5.41, 5.74) is 0.875. The van der Waals surface area contributed by atoms with Crippen molar-refractivity contribution in [2.24, 2.45) is 4.99 Å². The van der Waals surface area contributed by atoms with Crippen LogP contribution in [-0.4, -0.2) is 49.0 Å². The Balaban J connectivity index is 1.51. The predicted octanol–water partition coefficient (Wildman–Crippen LogP) is 2.91. The summed E-state index contributed by atoms with van der Waals surface area (Å²) in [5.74, 6) is 0.274. The molecule has 2 aliphatic heterocycles. The summed E-state index contributed by atoms with van der Waals surface area (Å²) in [6.07, 6.45) is 0.934. The maximum absolute atomic E-state index is 13.3. The van der Waals surface area contributed by atoms with E-state index in [1.54, 1.807) is 0 Å². The van der Waals surface area contributed by atoms with E-state index in [0.717, 1.165) is 22.3 Å². The smallest absolute Gasteiger partial charge is 0.266 e. The minimum atomic E-state index is -3.94. The fourth-order valence-corrected chi connectivity index (χ4v) is 6.94. The van der Waals surface area contributed by atoms with Gasteiger partial charge >= 0.3 is 0 Å². The summed E-state index contributed by atoms with van der Waals surface area (Å²) < 4.78 is 54.8. The highest BCUT2D eigenvalue weighted by Crippen LogP contribution is 2.35. The number of aryl methyl sites for hydroxylation is 1. The van der Waals surface area contributed by atoms with Crippen molar-refractivity contribution in [3.05, 3.63) is 47.0 Å². The molecule has 33 heavy (non-hydrogen) atoms. The van der Waals surface area contributed by atoms with Gasteiger partial charge in [-0.05, 0) is 44.0 Å². The molecule has 2 aliphatic rings. The van der Waals surface area contributed by atoms with Gasteiger partial charge in [-0.2, -0.15) is 9.30 Å². The lowest BCUT2D eigenvalue weighted by Crippen LogP contribution is -2.40. The lowest BCUT2D eigenvalue weighted by Gasteiger charge is -2.21. The number of hydrogen-bond acceptors (Lipinski definition) is 6. The number of rotatable bonds is 4. The van der Waals surface area contributed by atoms with Crippen LogP contribution in [0.2, 0.25) is 0 Å². The van der Waals surface area contributed by atoms with Crippen molar-refractivity contribution >= 4 is 37.5 Å². The van der Waals surface area contributed by atoms with E-state index >= 15 is 0 Å². The van der Waals surface area contributed by atoms with Crippen LogP contribution in [0.25, 0.3) is 10.2 Å². The third kappa shape index (κ3) is 3.94. The molecular weight excluding hydrogens is 469 g/mol. The number of thiazole rings is 1. The maximum Gasteiger partial charge on any atom is 0.266 e. The molecule has 1 saturated heterocycles. The molecule has 0 spiro atoms. The molecule has 1 atom stereocenters. The highest BCUT2D eigenvalue weighted by Gasteiger charge is 2.39. The zero-order valence-corrected chi connectivity index (χ0v) is 19.5. The van der Waals surface area contributed by atoms with Crippen molar-refractivity contribution in [3.8, 4) is 11.5 Å². The van der Waals surface area contributed by atoms with Crippen LogP contribution < -0.4 is 14.3 Å². The first-order valence-electron chi connectivity index (χ1n) is 10.7. The second-order valence-electron chi connectivity index (χ2n) is 7.77. The largest absolute Gasteiger partial charge is 0.486 e. The van der Waals surface area contributed by atoms with Gasteiger partial charge in [-0.15, -0.1) is 0 Å². The number of hydrogen-bond donors (Lipinski definition) is 0. The molecule has 0 bridgehead atoms. The molecule has 2 aromatic carbocycles. The number of fused-ring (bicyclic) bond motifs is 2. The third-order valence-corrected chi connectivity index (χ3v) is 8.74. The van der Waals surface area contributed by atoms with Crippen molar-refractivity contribution in [3.63, 3.8) is 0 Å². The van der Waals surface area contributed by atoms with Crippen LogP contribution in [0, 0.1) is 5.82 Å². The van der Waals surface area contributed by atoms with E-state index in [4.69, 9.17) is 9.47 Å². The van der Waals surface area contributed by atoms with Gasteiger partial charge < -0.3 is 14.0 Å². The molecule has 0 radical (unpaired) electrons. The van der Waals surface area contributed by atoms with Gasteiger partial charge in [0.25, 0.3) is 5.91 Å². The first-order chi connectivity index (χ1) is 15.9. The van der Waals surface area contributed by atoms with E-state index in [9.17, 15) is 17.6 Å². The fraction of sp³-hybridized carbons (Fsp3) is 0.364. The summed E-state index contributed by atoms with van der Waals surface area (Å²) in [7, 11) is -3.94. The van der Waals surface area contributed by atoms with Crippen molar-refractivity contribution in [2.45, 2.75) is 37.2 Å². The molecule has 5 rings (SSSR count). The Bertz CT molecular complexity index is 1400. The first kappa shape index (κ1) is 22.1. The quantitative estimate of drug-likeness (QED) is 0.560. The number of aromatic nitrogens is 1. The molecule has 0 saturated carbocycles. The van der Waals surface area contributed by atoms with Crippen LogP contribution in [0.3, 0.4) is 0 Å². The fourth-order valence-electron chi connectivity index (χ4n) is 4.18. The van der Waals surface area contributed by atoms with Gasteiger partial charge in [0, 0.05) is 25.2 Å². The maximum atomic E-state index is 13.3. The second kappa shape index (κ2) is 8.54. The van der Waals surface area contributed by atoms with E-state index in [1.807, 2.05) is 23.6 Å². The van der Waals surface area contributed by atoms with Crippen LogP contribution >= 0.6 is 11.3 Å². The van der Waals surface area contributed by atoms with Gasteiger partial charge in [-0.25, -0.2) is 12.8 Å². The Morgan fingerprint density at radius 2 is 1.88 bits per heavy atom. The lowest BCUT2D eigenvalue weighted by atomic mass is 10.2. The summed E-state index contributed by atoms with van der Waals surface area (Å²) in [5, 5.41) is 0. The number of nitrogens with zero attached hydrogens (tertiary/aromatic N) is 3. The summed E-state index contributed by atoms with van der Waals surface area (Å²) in [4.78, 5) is 18.0. The van der Waals surface area contributed by atoms with Crippen molar-refractivity contribution in [2.75, 3.05) is 19.8 Å². The standard InChI is InChI=1S/C22H22FN3O5S2/c1-2-25-17-12-18-19(31-11-10-30-18)13-20(17)32-22(25)24-21(27)16-4-3-9-26(16)33(28,29)15-7-5-14(23)6-8-15/h5-8,12-13,16H,2-4,9-11H2,1H3. The average molecular weight is 492 g/mol. The highest BCUT2D eigenvalue weighted by molar-refractivity contribution is 7.89. The van der Waals surface area contributed by atoms with Crippen LogP contribution in [0.1, 0.15) is 19.8 Å². The molecule has 8 nitrogen and oxygen atoms in total. The molecule has 0 N–H and O–H groups in total. The van der Waals surface area contributed by atoms with Gasteiger partial charge in [0.2, 0.25) is 10.0 Å². The minimum absolute atomic E-state index is 0.0420. The van der Waals surface area contributed by atoms with Crippen molar-refractivity contribution < 1.29 is 27.1 Å². The van der Waals surface area contributed by atoms with Gasteiger partial charge in [-0.3, -0.25) is 4.79 Å². The normalized spacial score (nSPS) is 19.3. The number of amides is 1. The summed E-state index contributed by atoms with van der Waals surface area (Å²) >= 11 is 1.35. The first-order valence-corrected chi connectivity index (χ1v) is 12.9. The Morgan fingerprint density at radius 1 is 1.18 bits per heavy atom. The molecule has 1 amide bonds. The van der Waals surface area contributed by atoms with Crippen molar-refractivity contribution in [1.82, 2.24) is 8.87 Å². The van der Waals surface area contributed by atoms with Crippen LogP contribution in [-0.2, 0) is 21.4 Å². The number of ether oxygens (including phenoxy) is 2. The zero-order valence-electron chi connectivity index (χ0n) is 17.9.